The molecule has 2 aliphatic heterocycles. The van der Waals surface area contributed by atoms with Crippen molar-refractivity contribution >= 4 is 11.6 Å². The fourth-order valence-corrected chi connectivity index (χ4v) is 3.13. The van der Waals surface area contributed by atoms with Gasteiger partial charge in [-0.15, -0.1) is 0 Å². The minimum atomic E-state index is 0.208. The lowest BCUT2D eigenvalue weighted by Crippen LogP contribution is -2.36. The molecule has 0 aliphatic carbocycles. The van der Waals surface area contributed by atoms with E-state index in [2.05, 4.69) is 34.6 Å². The van der Waals surface area contributed by atoms with E-state index < -0.39 is 0 Å². The first kappa shape index (κ1) is 12.5. The summed E-state index contributed by atoms with van der Waals surface area (Å²) >= 11 is 0. The van der Waals surface area contributed by atoms with Crippen LogP contribution in [0.3, 0.4) is 0 Å². The van der Waals surface area contributed by atoms with E-state index in [1.807, 2.05) is 7.05 Å². The molecule has 0 saturated carbocycles. The third kappa shape index (κ3) is 2.32. The highest BCUT2D eigenvalue weighted by Gasteiger charge is 2.29. The number of hydrazine groups is 1. The largest absolute Gasteiger partial charge is 0.317 e. The van der Waals surface area contributed by atoms with Gasteiger partial charge >= 0.3 is 0 Å². The molecule has 0 aromatic heterocycles. The SMILES string of the molecule is CN1C(=O)CCN1c1ccccc1C1CCNCC1. The lowest BCUT2D eigenvalue weighted by atomic mass is 9.89. The number of para-hydroxylation sites is 1. The van der Waals surface area contributed by atoms with Crippen LogP contribution in [-0.4, -0.2) is 37.6 Å². The van der Waals surface area contributed by atoms with Crippen molar-refractivity contribution in [3.05, 3.63) is 29.8 Å². The number of hydrogen-bond donors (Lipinski definition) is 1. The number of nitrogens with zero attached hydrogens (tertiary/aromatic N) is 2. The third-order valence-electron chi connectivity index (χ3n) is 4.25. The highest BCUT2D eigenvalue weighted by atomic mass is 16.2. The molecule has 1 aromatic rings. The van der Waals surface area contributed by atoms with Gasteiger partial charge < -0.3 is 5.32 Å². The fourth-order valence-electron chi connectivity index (χ4n) is 3.13. The first-order chi connectivity index (χ1) is 9.27. The second-order valence-corrected chi connectivity index (χ2v) is 5.37. The number of carbonyl (C=O) groups excluding carboxylic acids is 1. The topological polar surface area (TPSA) is 35.6 Å². The number of nitrogens with one attached hydrogen (secondary N) is 1. The van der Waals surface area contributed by atoms with Crippen molar-refractivity contribution in [1.29, 1.82) is 0 Å². The van der Waals surface area contributed by atoms with E-state index in [9.17, 15) is 4.79 Å². The van der Waals surface area contributed by atoms with Gasteiger partial charge in [-0.1, -0.05) is 18.2 Å². The molecule has 1 aromatic carbocycles. The van der Waals surface area contributed by atoms with Crippen LogP contribution in [-0.2, 0) is 4.79 Å². The number of benzene rings is 1. The van der Waals surface area contributed by atoms with Gasteiger partial charge in [0.15, 0.2) is 0 Å². The summed E-state index contributed by atoms with van der Waals surface area (Å²) in [5.41, 5.74) is 2.60. The molecule has 19 heavy (non-hydrogen) atoms. The summed E-state index contributed by atoms with van der Waals surface area (Å²) in [5.74, 6) is 0.821. The molecule has 0 bridgehead atoms. The van der Waals surface area contributed by atoms with Crippen molar-refractivity contribution in [2.75, 3.05) is 31.7 Å². The summed E-state index contributed by atoms with van der Waals surface area (Å²) < 4.78 is 0. The predicted molar refractivity (Wildman–Crippen MR) is 76.0 cm³/mol. The molecule has 2 heterocycles. The Morgan fingerprint density at radius 3 is 2.63 bits per heavy atom. The fraction of sp³-hybridized carbons (Fsp3) is 0.533. The molecule has 1 N–H and O–H groups in total. The Morgan fingerprint density at radius 1 is 1.21 bits per heavy atom. The lowest BCUT2D eigenvalue weighted by Gasteiger charge is -2.32. The highest BCUT2D eigenvalue weighted by Crippen LogP contribution is 2.34. The van der Waals surface area contributed by atoms with Crippen LogP contribution in [0, 0.1) is 0 Å². The van der Waals surface area contributed by atoms with Crippen LogP contribution in [0.5, 0.6) is 0 Å². The van der Waals surface area contributed by atoms with Gasteiger partial charge in [0, 0.05) is 20.0 Å². The number of carbonyl (C=O) groups is 1. The molecule has 2 saturated heterocycles. The maximum atomic E-state index is 11.7. The molecule has 2 fully saturated rings. The van der Waals surface area contributed by atoms with E-state index in [1.54, 1.807) is 5.01 Å². The van der Waals surface area contributed by atoms with Gasteiger partial charge in [0.25, 0.3) is 0 Å². The van der Waals surface area contributed by atoms with Gasteiger partial charge in [-0.05, 0) is 43.5 Å². The van der Waals surface area contributed by atoms with Crippen LogP contribution in [0.4, 0.5) is 5.69 Å². The summed E-state index contributed by atoms with van der Waals surface area (Å²) in [5, 5.41) is 7.30. The summed E-state index contributed by atoms with van der Waals surface area (Å²) in [6.07, 6.45) is 2.99. The normalized spacial score (nSPS) is 21.2. The number of piperidine rings is 1. The Hall–Kier alpha value is -1.55. The molecule has 2 aliphatic rings. The van der Waals surface area contributed by atoms with Crippen molar-refractivity contribution in [1.82, 2.24) is 10.3 Å². The third-order valence-corrected chi connectivity index (χ3v) is 4.25. The molecule has 4 heteroatoms. The molecule has 3 rings (SSSR count). The second kappa shape index (κ2) is 5.21. The Kier molecular flexibility index (Phi) is 3.42. The average molecular weight is 259 g/mol. The maximum Gasteiger partial charge on any atom is 0.242 e. The molecule has 0 radical (unpaired) electrons. The molecule has 0 unspecified atom stereocenters. The number of hydrogen-bond acceptors (Lipinski definition) is 3. The van der Waals surface area contributed by atoms with Crippen LogP contribution in [0.15, 0.2) is 24.3 Å². The second-order valence-electron chi connectivity index (χ2n) is 5.37. The minimum absolute atomic E-state index is 0.208. The maximum absolute atomic E-state index is 11.7. The van der Waals surface area contributed by atoms with E-state index in [0.29, 0.717) is 12.3 Å². The number of amides is 1. The van der Waals surface area contributed by atoms with Crippen LogP contribution < -0.4 is 10.3 Å². The van der Waals surface area contributed by atoms with Gasteiger partial charge in [-0.3, -0.25) is 14.8 Å². The zero-order chi connectivity index (χ0) is 13.2. The molecule has 0 spiro atoms. The Morgan fingerprint density at radius 2 is 1.95 bits per heavy atom. The van der Waals surface area contributed by atoms with Gasteiger partial charge in [0.1, 0.15) is 0 Å². The quantitative estimate of drug-likeness (QED) is 0.878. The van der Waals surface area contributed by atoms with Crippen LogP contribution in [0.1, 0.15) is 30.7 Å². The summed E-state index contributed by atoms with van der Waals surface area (Å²) in [6.45, 7) is 2.98. The van der Waals surface area contributed by atoms with Crippen LogP contribution in [0.25, 0.3) is 0 Å². The predicted octanol–water partition coefficient (Wildman–Crippen LogP) is 1.74. The highest BCUT2D eigenvalue weighted by molar-refractivity contribution is 5.82. The van der Waals surface area contributed by atoms with Crippen LogP contribution >= 0.6 is 0 Å². The summed E-state index contributed by atoms with van der Waals surface area (Å²) in [7, 11) is 1.87. The smallest absolute Gasteiger partial charge is 0.242 e. The zero-order valence-corrected chi connectivity index (χ0v) is 11.4. The molecule has 0 atom stereocenters. The Labute approximate surface area is 114 Å². The van der Waals surface area contributed by atoms with Crippen molar-refractivity contribution in [2.24, 2.45) is 0 Å². The van der Waals surface area contributed by atoms with Gasteiger partial charge in [0.05, 0.1) is 5.69 Å². The molecular formula is C15H21N3O. The minimum Gasteiger partial charge on any atom is -0.317 e. The summed E-state index contributed by atoms with van der Waals surface area (Å²) in [6, 6.07) is 8.55. The Bertz CT molecular complexity index is 468. The zero-order valence-electron chi connectivity index (χ0n) is 11.4. The van der Waals surface area contributed by atoms with Crippen molar-refractivity contribution < 1.29 is 4.79 Å². The standard InChI is InChI=1S/C15H21N3O/c1-17-15(19)8-11-18(17)14-5-3-2-4-13(14)12-6-9-16-10-7-12/h2-5,12,16H,6-11H2,1H3. The Balaban J connectivity index is 1.90. The van der Waals surface area contributed by atoms with E-state index in [1.165, 1.54) is 24.1 Å². The molecule has 4 nitrogen and oxygen atoms in total. The monoisotopic (exact) mass is 259 g/mol. The van der Waals surface area contributed by atoms with Crippen molar-refractivity contribution in [3.8, 4) is 0 Å². The average Bonchev–Trinajstić information content (AvgIpc) is 2.80. The number of anilines is 1. The van der Waals surface area contributed by atoms with Crippen molar-refractivity contribution in [3.63, 3.8) is 0 Å². The van der Waals surface area contributed by atoms with Gasteiger partial charge in [-0.2, -0.15) is 0 Å². The van der Waals surface area contributed by atoms with Gasteiger partial charge in [-0.25, -0.2) is 0 Å². The van der Waals surface area contributed by atoms with Crippen LogP contribution in [0.2, 0.25) is 0 Å². The molecule has 102 valence electrons. The van der Waals surface area contributed by atoms with Crippen molar-refractivity contribution in [2.45, 2.75) is 25.2 Å². The van der Waals surface area contributed by atoms with Gasteiger partial charge in [0.2, 0.25) is 5.91 Å². The van der Waals surface area contributed by atoms with E-state index in [4.69, 9.17) is 0 Å². The molecular weight excluding hydrogens is 238 g/mol. The van der Waals surface area contributed by atoms with E-state index >= 15 is 0 Å². The molecule has 1 amide bonds. The first-order valence-electron chi connectivity index (χ1n) is 7.11. The van der Waals surface area contributed by atoms with E-state index in [-0.39, 0.29) is 5.91 Å². The summed E-state index contributed by atoms with van der Waals surface area (Å²) in [4.78, 5) is 11.7. The first-order valence-corrected chi connectivity index (χ1v) is 7.11. The lowest BCUT2D eigenvalue weighted by molar-refractivity contribution is -0.126. The van der Waals surface area contributed by atoms with E-state index in [0.717, 1.165) is 19.6 Å². The number of rotatable bonds is 2.